The minimum absolute atomic E-state index is 0.0179. The summed E-state index contributed by atoms with van der Waals surface area (Å²) < 4.78 is 68.7. The zero-order valence-corrected chi connectivity index (χ0v) is 33.8. The number of aryl methyl sites for hydroxylation is 1. The predicted molar refractivity (Wildman–Crippen MR) is 209 cm³/mol. The summed E-state index contributed by atoms with van der Waals surface area (Å²) in [6.45, 7) is 11.7. The fourth-order valence-electron chi connectivity index (χ4n) is 7.57. The Balaban J connectivity index is 1.48. The van der Waals surface area contributed by atoms with E-state index < -0.39 is 47.8 Å². The van der Waals surface area contributed by atoms with E-state index in [0.29, 0.717) is 34.9 Å². The number of amides is 2. The highest BCUT2D eigenvalue weighted by molar-refractivity contribution is 7.86. The number of imide groups is 1. The molecular formula is C40H47N3O11S2. The Hall–Kier alpha value is -4.74. The van der Waals surface area contributed by atoms with Crippen molar-refractivity contribution in [3.8, 4) is 0 Å². The first-order valence-corrected chi connectivity index (χ1v) is 21.2. The second-order valence-corrected chi connectivity index (χ2v) is 18.2. The first kappa shape index (κ1) is 42.4. The van der Waals surface area contributed by atoms with Crippen molar-refractivity contribution in [3.05, 3.63) is 117 Å². The number of hydroxylamine groups is 3. The minimum Gasteiger partial charge on any atom is -0.282 e. The second-order valence-electron chi connectivity index (χ2n) is 15.4. The van der Waals surface area contributed by atoms with Gasteiger partial charge in [0.15, 0.2) is 0 Å². The van der Waals surface area contributed by atoms with Crippen LogP contribution in [0.1, 0.15) is 102 Å². The number of nitrogens with zero attached hydrogens (tertiary/aromatic N) is 3. The molecule has 3 aromatic carbocycles. The lowest BCUT2D eigenvalue weighted by Crippen LogP contribution is -2.38. The van der Waals surface area contributed by atoms with Crippen LogP contribution in [-0.2, 0) is 52.0 Å². The Kier molecular flexibility index (Phi) is 12.1. The number of rotatable bonds is 15. The van der Waals surface area contributed by atoms with Gasteiger partial charge >= 0.3 is 0 Å². The number of fused-ring (bicyclic) bond motifs is 1. The summed E-state index contributed by atoms with van der Waals surface area (Å²) in [6, 6.07) is 15.1. The van der Waals surface area contributed by atoms with E-state index in [1.807, 2.05) is 40.7 Å². The molecule has 16 heteroatoms. The van der Waals surface area contributed by atoms with Crippen LogP contribution in [0.15, 0.2) is 94.4 Å². The van der Waals surface area contributed by atoms with Crippen molar-refractivity contribution in [2.24, 2.45) is 5.92 Å². The molecule has 56 heavy (non-hydrogen) atoms. The van der Waals surface area contributed by atoms with E-state index in [2.05, 4.69) is 6.92 Å². The topological polar surface area (TPSA) is 202 Å². The Labute approximate surface area is 327 Å². The summed E-state index contributed by atoms with van der Waals surface area (Å²) in [5.41, 5.74) is 2.32. The van der Waals surface area contributed by atoms with Crippen molar-refractivity contribution < 1.29 is 45.4 Å². The predicted octanol–water partition coefficient (Wildman–Crippen LogP) is 7.75. The van der Waals surface area contributed by atoms with Crippen molar-refractivity contribution in [1.82, 2.24) is 5.06 Å². The number of non-ortho nitro benzene ring substituents is 1. The van der Waals surface area contributed by atoms with E-state index >= 15 is 0 Å². The lowest BCUT2D eigenvalue weighted by molar-refractivity contribution is -0.384. The van der Waals surface area contributed by atoms with Crippen LogP contribution in [0, 0.1) is 16.0 Å². The summed E-state index contributed by atoms with van der Waals surface area (Å²) >= 11 is 0. The standard InChI is InChI=1S/C40H47N3O11S2/c1-7-28(12-9-13-36-40(5,6)34-25-31(56(51,52)53)19-21-35(34)41(36)54-42-37(44)22-23-38(42)45)39(3,4)33-24-30(55(48,49)50)18-20-32(33)26(2)10-8-11-27-14-16-29(17-15-27)43(46)47/h9,12-21,24-26,28H,7-8,10-11,22-23H2,1-6H3,(H,48,49,50)(H,51,52,53)/b12-9+,36-13+/t26-,28?/m0/s1. The van der Waals surface area contributed by atoms with Crippen LogP contribution in [0.4, 0.5) is 11.4 Å². The number of anilines is 1. The van der Waals surface area contributed by atoms with Crippen LogP contribution in [0.5, 0.6) is 0 Å². The molecule has 0 bridgehead atoms. The van der Waals surface area contributed by atoms with Gasteiger partial charge in [0.25, 0.3) is 37.7 Å². The molecule has 2 amide bonds. The maximum absolute atomic E-state index is 12.6. The zero-order chi connectivity index (χ0) is 41.4. The molecule has 5 rings (SSSR count). The summed E-state index contributed by atoms with van der Waals surface area (Å²) in [5, 5.41) is 13.0. The number of nitro groups is 1. The Morgan fingerprint density at radius 1 is 0.929 bits per heavy atom. The zero-order valence-electron chi connectivity index (χ0n) is 32.1. The van der Waals surface area contributed by atoms with Gasteiger partial charge in [-0.25, -0.2) is 0 Å². The molecule has 1 fully saturated rings. The highest BCUT2D eigenvalue weighted by Gasteiger charge is 2.45. The van der Waals surface area contributed by atoms with Gasteiger partial charge in [0.2, 0.25) is 0 Å². The van der Waals surface area contributed by atoms with Gasteiger partial charge in [-0.2, -0.15) is 21.9 Å². The summed E-state index contributed by atoms with van der Waals surface area (Å²) in [4.78, 5) is 41.1. The first-order valence-electron chi connectivity index (χ1n) is 18.3. The van der Waals surface area contributed by atoms with Gasteiger partial charge < -0.3 is 0 Å². The smallest absolute Gasteiger partial charge is 0.282 e. The van der Waals surface area contributed by atoms with E-state index in [1.54, 1.807) is 30.4 Å². The molecule has 1 saturated heterocycles. The molecule has 2 atom stereocenters. The summed E-state index contributed by atoms with van der Waals surface area (Å²) in [5.74, 6) is -1.27. The summed E-state index contributed by atoms with van der Waals surface area (Å²) in [6.07, 6.45) is 8.28. The quantitative estimate of drug-likeness (QED) is 0.0655. The largest absolute Gasteiger partial charge is 0.294 e. The number of hydrogen-bond donors (Lipinski definition) is 2. The van der Waals surface area contributed by atoms with E-state index in [4.69, 9.17) is 4.94 Å². The number of benzene rings is 3. The van der Waals surface area contributed by atoms with Crippen molar-refractivity contribution in [1.29, 1.82) is 0 Å². The Morgan fingerprint density at radius 3 is 2.09 bits per heavy atom. The normalized spacial score (nSPS) is 17.9. The van der Waals surface area contributed by atoms with E-state index in [1.165, 1.54) is 47.5 Å². The van der Waals surface area contributed by atoms with Gasteiger partial charge in [0.1, 0.15) is 0 Å². The molecule has 2 aliphatic rings. The summed E-state index contributed by atoms with van der Waals surface area (Å²) in [7, 11) is -9.08. The molecule has 0 aliphatic carbocycles. The fraction of sp³-hybridized carbons (Fsp3) is 0.400. The number of allylic oxidation sites excluding steroid dienone is 4. The highest BCUT2D eigenvalue weighted by Crippen LogP contribution is 2.49. The number of carbonyl (C=O) groups excluding carboxylic acids is 2. The maximum Gasteiger partial charge on any atom is 0.294 e. The lowest BCUT2D eigenvalue weighted by atomic mass is 9.69. The molecule has 3 aromatic rings. The van der Waals surface area contributed by atoms with Crippen LogP contribution in [0.3, 0.4) is 0 Å². The van der Waals surface area contributed by atoms with Gasteiger partial charge in [-0.15, -0.1) is 10.0 Å². The van der Waals surface area contributed by atoms with Crippen LogP contribution in [0.25, 0.3) is 0 Å². The number of nitro benzene ring substituents is 1. The maximum atomic E-state index is 12.6. The molecule has 0 aromatic heterocycles. The SMILES string of the molecule is CCC(/C=C/C=C1/N(ON2C(=O)CCC2=O)c2ccc(S(=O)(=O)O)cc2C1(C)C)C(C)(C)c1cc(S(=O)(=O)O)ccc1[C@@H](C)CCCc1ccc([N+](=O)[O-])cc1. The van der Waals surface area contributed by atoms with E-state index in [9.17, 15) is 45.6 Å². The Bertz CT molecular complexity index is 2300. The van der Waals surface area contributed by atoms with Crippen molar-refractivity contribution in [2.45, 2.75) is 107 Å². The van der Waals surface area contributed by atoms with Gasteiger partial charge in [-0.1, -0.05) is 71.9 Å². The van der Waals surface area contributed by atoms with Crippen molar-refractivity contribution in [2.75, 3.05) is 5.06 Å². The molecule has 1 unspecified atom stereocenters. The lowest BCUT2D eigenvalue weighted by Gasteiger charge is -2.36. The van der Waals surface area contributed by atoms with Gasteiger partial charge in [-0.05, 0) is 102 Å². The highest BCUT2D eigenvalue weighted by atomic mass is 32.2. The minimum atomic E-state index is -4.55. The molecule has 0 saturated carbocycles. The van der Waals surface area contributed by atoms with Crippen LogP contribution in [-0.4, -0.2) is 47.7 Å². The Morgan fingerprint density at radius 2 is 1.52 bits per heavy atom. The fourth-order valence-corrected chi connectivity index (χ4v) is 8.58. The second kappa shape index (κ2) is 16.0. The molecule has 2 heterocycles. The third kappa shape index (κ3) is 8.79. The van der Waals surface area contributed by atoms with Gasteiger partial charge in [-0.3, -0.25) is 28.8 Å². The number of hydrogen-bond acceptors (Lipinski definition) is 10. The van der Waals surface area contributed by atoms with E-state index in [0.717, 1.165) is 29.5 Å². The molecular weight excluding hydrogens is 763 g/mol. The molecule has 2 aliphatic heterocycles. The van der Waals surface area contributed by atoms with Gasteiger partial charge in [0.05, 0.1) is 26.1 Å². The third-order valence-electron chi connectivity index (χ3n) is 10.9. The van der Waals surface area contributed by atoms with Crippen molar-refractivity contribution in [3.63, 3.8) is 0 Å². The van der Waals surface area contributed by atoms with Crippen LogP contribution < -0.4 is 5.06 Å². The van der Waals surface area contributed by atoms with E-state index in [-0.39, 0.29) is 40.2 Å². The third-order valence-corrected chi connectivity index (χ3v) is 12.6. The molecule has 2 N–H and O–H groups in total. The van der Waals surface area contributed by atoms with Crippen LogP contribution in [0.2, 0.25) is 0 Å². The number of carbonyl (C=O) groups is 2. The average Bonchev–Trinajstić information content (AvgIpc) is 3.55. The molecule has 0 spiro atoms. The first-order chi connectivity index (χ1) is 26.1. The van der Waals surface area contributed by atoms with Gasteiger partial charge in [0, 0.05) is 30.4 Å². The molecule has 14 nitrogen and oxygen atoms in total. The van der Waals surface area contributed by atoms with Crippen molar-refractivity contribution >= 4 is 43.4 Å². The molecule has 0 radical (unpaired) electrons. The monoisotopic (exact) mass is 809 g/mol. The molecule has 300 valence electrons. The average molecular weight is 810 g/mol. The van der Waals surface area contributed by atoms with Crippen LogP contribution >= 0.6 is 0 Å².